The zero-order chi connectivity index (χ0) is 16.2. The van der Waals surface area contributed by atoms with Crippen LogP contribution in [0.2, 0.25) is 0 Å². The molecule has 2 atom stereocenters. The van der Waals surface area contributed by atoms with Crippen molar-refractivity contribution in [3.63, 3.8) is 0 Å². The van der Waals surface area contributed by atoms with Crippen LogP contribution < -0.4 is 5.73 Å². The number of aliphatic carboxylic acids is 1. The van der Waals surface area contributed by atoms with Crippen molar-refractivity contribution in [2.45, 2.75) is 44.8 Å². The lowest BCUT2D eigenvalue weighted by molar-refractivity contribution is -0.157. The van der Waals surface area contributed by atoms with Gasteiger partial charge in [0, 0.05) is 6.04 Å². The Hall–Kier alpha value is -1.95. The summed E-state index contributed by atoms with van der Waals surface area (Å²) >= 11 is 0. The molecule has 6 heteroatoms. The van der Waals surface area contributed by atoms with Crippen LogP contribution in [0.15, 0.2) is 24.3 Å². The average Bonchev–Trinajstić information content (AvgIpc) is 2.28. The van der Waals surface area contributed by atoms with Gasteiger partial charge in [0.2, 0.25) is 0 Å². The molecule has 0 heterocycles. The van der Waals surface area contributed by atoms with Crippen molar-refractivity contribution in [3.05, 3.63) is 35.6 Å². The van der Waals surface area contributed by atoms with Gasteiger partial charge in [0.15, 0.2) is 0 Å². The predicted octanol–water partition coefficient (Wildman–Crippen LogP) is 2.05. The first-order chi connectivity index (χ1) is 9.60. The highest BCUT2D eigenvalue weighted by Crippen LogP contribution is 2.25. The maximum absolute atomic E-state index is 13.0. The smallest absolute Gasteiger partial charge is 0.315 e. The molecule has 1 rings (SSSR count). The van der Waals surface area contributed by atoms with Gasteiger partial charge in [-0.3, -0.25) is 9.59 Å². The normalized spacial score (nSPS) is 14.3. The number of esters is 1. The lowest BCUT2D eigenvalue weighted by Crippen LogP contribution is -2.39. The third-order valence-electron chi connectivity index (χ3n) is 2.73. The number of benzene rings is 1. The molecular formula is C15H20FNO4. The van der Waals surface area contributed by atoms with E-state index in [9.17, 15) is 14.0 Å². The molecule has 0 aromatic heterocycles. The van der Waals surface area contributed by atoms with Gasteiger partial charge in [0.05, 0.1) is 12.3 Å². The zero-order valence-electron chi connectivity index (χ0n) is 12.3. The minimum atomic E-state index is -1.11. The molecule has 116 valence electrons. The first-order valence-corrected chi connectivity index (χ1v) is 6.56. The van der Waals surface area contributed by atoms with Crippen molar-refractivity contribution >= 4 is 11.9 Å². The first-order valence-electron chi connectivity index (χ1n) is 6.56. The molecule has 0 aliphatic rings. The van der Waals surface area contributed by atoms with E-state index in [-0.39, 0.29) is 6.42 Å². The monoisotopic (exact) mass is 297 g/mol. The van der Waals surface area contributed by atoms with Crippen LogP contribution in [0.5, 0.6) is 0 Å². The van der Waals surface area contributed by atoms with Crippen molar-refractivity contribution in [2.24, 2.45) is 5.73 Å². The fourth-order valence-corrected chi connectivity index (χ4v) is 1.91. The molecule has 0 amide bonds. The molecule has 0 saturated carbocycles. The van der Waals surface area contributed by atoms with E-state index in [4.69, 9.17) is 15.6 Å². The van der Waals surface area contributed by atoms with Gasteiger partial charge in [-0.05, 0) is 38.5 Å². The minimum absolute atomic E-state index is 0.388. The molecule has 0 radical (unpaired) electrons. The van der Waals surface area contributed by atoms with Gasteiger partial charge in [0.1, 0.15) is 11.4 Å². The number of carboxylic acids is 1. The summed E-state index contributed by atoms with van der Waals surface area (Å²) < 4.78 is 18.3. The summed E-state index contributed by atoms with van der Waals surface area (Å²) in [4.78, 5) is 23.1. The highest BCUT2D eigenvalue weighted by atomic mass is 19.1. The summed E-state index contributed by atoms with van der Waals surface area (Å²) in [7, 11) is 0. The number of nitrogens with two attached hydrogens (primary N) is 1. The average molecular weight is 297 g/mol. The van der Waals surface area contributed by atoms with Gasteiger partial charge < -0.3 is 15.6 Å². The number of halogens is 1. The molecule has 1 aromatic rings. The molecule has 0 bridgehead atoms. The van der Waals surface area contributed by atoms with Crippen LogP contribution >= 0.6 is 0 Å². The standard InChI is InChI=1S/C15H20FNO4/c1-15(2,3)21-14(20)13(11(17)8-12(18)19)9-4-6-10(16)7-5-9/h4-7,11,13H,8,17H2,1-3H3,(H,18,19). The second kappa shape index (κ2) is 6.67. The van der Waals surface area contributed by atoms with E-state index in [1.807, 2.05) is 0 Å². The highest BCUT2D eigenvalue weighted by Gasteiger charge is 2.32. The summed E-state index contributed by atoms with van der Waals surface area (Å²) in [5, 5.41) is 8.85. The van der Waals surface area contributed by atoms with Gasteiger partial charge >= 0.3 is 11.9 Å². The van der Waals surface area contributed by atoms with Crippen LogP contribution in [-0.2, 0) is 14.3 Å². The Kier molecular flexibility index (Phi) is 5.43. The molecular weight excluding hydrogens is 277 g/mol. The van der Waals surface area contributed by atoms with E-state index in [0.29, 0.717) is 5.56 Å². The van der Waals surface area contributed by atoms with Gasteiger partial charge in [-0.25, -0.2) is 4.39 Å². The maximum atomic E-state index is 13.0. The highest BCUT2D eigenvalue weighted by molar-refractivity contribution is 5.81. The summed E-state index contributed by atoms with van der Waals surface area (Å²) in [6, 6.07) is 4.25. The first kappa shape index (κ1) is 17.1. The van der Waals surface area contributed by atoms with Crippen molar-refractivity contribution in [1.82, 2.24) is 0 Å². The van der Waals surface area contributed by atoms with Crippen LogP contribution in [0.25, 0.3) is 0 Å². The number of hydrogen-bond donors (Lipinski definition) is 2. The number of ether oxygens (including phenoxy) is 1. The molecule has 21 heavy (non-hydrogen) atoms. The number of carbonyl (C=O) groups is 2. The number of carbonyl (C=O) groups excluding carboxylic acids is 1. The second-order valence-corrected chi connectivity index (χ2v) is 5.82. The molecule has 0 fully saturated rings. The van der Waals surface area contributed by atoms with Gasteiger partial charge in [-0.15, -0.1) is 0 Å². The minimum Gasteiger partial charge on any atom is -0.481 e. The van der Waals surface area contributed by atoms with E-state index < -0.39 is 35.3 Å². The van der Waals surface area contributed by atoms with Crippen LogP contribution in [-0.4, -0.2) is 28.7 Å². The van der Waals surface area contributed by atoms with Crippen molar-refractivity contribution < 1.29 is 23.8 Å². The fourth-order valence-electron chi connectivity index (χ4n) is 1.91. The van der Waals surface area contributed by atoms with Crippen molar-refractivity contribution in [1.29, 1.82) is 0 Å². The van der Waals surface area contributed by atoms with E-state index in [0.717, 1.165) is 0 Å². The molecule has 2 unspecified atom stereocenters. The second-order valence-electron chi connectivity index (χ2n) is 5.82. The Balaban J connectivity index is 3.07. The Labute approximate surface area is 122 Å². The third-order valence-corrected chi connectivity index (χ3v) is 2.73. The topological polar surface area (TPSA) is 89.6 Å². The lowest BCUT2D eigenvalue weighted by Gasteiger charge is -2.27. The summed E-state index contributed by atoms with van der Waals surface area (Å²) in [6.07, 6.45) is -0.388. The van der Waals surface area contributed by atoms with E-state index in [2.05, 4.69) is 0 Å². The number of carboxylic acid groups (broad SMARTS) is 1. The van der Waals surface area contributed by atoms with E-state index in [1.54, 1.807) is 20.8 Å². The third kappa shape index (κ3) is 5.51. The number of rotatable bonds is 5. The Morgan fingerprint density at radius 2 is 1.81 bits per heavy atom. The maximum Gasteiger partial charge on any atom is 0.315 e. The molecule has 0 aliphatic carbocycles. The van der Waals surface area contributed by atoms with Gasteiger partial charge in [-0.1, -0.05) is 12.1 Å². The number of hydrogen-bond acceptors (Lipinski definition) is 4. The largest absolute Gasteiger partial charge is 0.481 e. The van der Waals surface area contributed by atoms with Gasteiger partial charge in [0.25, 0.3) is 0 Å². The summed E-state index contributed by atoms with van der Waals surface area (Å²) in [6.45, 7) is 5.11. The molecule has 0 saturated heterocycles. The summed E-state index contributed by atoms with van der Waals surface area (Å²) in [5.41, 5.74) is 5.54. The lowest BCUT2D eigenvalue weighted by atomic mass is 9.90. The Bertz CT molecular complexity index is 507. The summed E-state index contributed by atoms with van der Waals surface area (Å²) in [5.74, 6) is -3.14. The zero-order valence-corrected chi connectivity index (χ0v) is 12.3. The molecule has 3 N–H and O–H groups in total. The molecule has 0 spiro atoms. The van der Waals surface area contributed by atoms with E-state index in [1.165, 1.54) is 24.3 Å². The van der Waals surface area contributed by atoms with Crippen molar-refractivity contribution in [3.8, 4) is 0 Å². The Morgan fingerprint density at radius 1 is 1.29 bits per heavy atom. The SMILES string of the molecule is CC(C)(C)OC(=O)C(c1ccc(F)cc1)C(N)CC(=O)O. The van der Waals surface area contributed by atoms with Crippen molar-refractivity contribution in [2.75, 3.05) is 0 Å². The van der Waals surface area contributed by atoms with Crippen LogP contribution in [0.4, 0.5) is 4.39 Å². The molecule has 1 aromatic carbocycles. The van der Waals surface area contributed by atoms with Crippen LogP contribution in [0.3, 0.4) is 0 Å². The van der Waals surface area contributed by atoms with E-state index >= 15 is 0 Å². The van der Waals surface area contributed by atoms with Gasteiger partial charge in [-0.2, -0.15) is 0 Å². The van der Waals surface area contributed by atoms with Crippen LogP contribution in [0.1, 0.15) is 38.7 Å². The van der Waals surface area contributed by atoms with Crippen LogP contribution in [0, 0.1) is 5.82 Å². The fraction of sp³-hybridized carbons (Fsp3) is 0.467. The predicted molar refractivity (Wildman–Crippen MR) is 75.2 cm³/mol. The quantitative estimate of drug-likeness (QED) is 0.812. The molecule has 0 aliphatic heterocycles. The Morgan fingerprint density at radius 3 is 2.24 bits per heavy atom. The molecule has 5 nitrogen and oxygen atoms in total.